The number of fused-ring (bicyclic) bond motifs is 4. The second-order valence-corrected chi connectivity index (χ2v) is 36.8. The van der Waals surface area contributed by atoms with Gasteiger partial charge in [-0.1, -0.05) is 192 Å². The van der Waals surface area contributed by atoms with E-state index in [2.05, 4.69) is 256 Å². The number of unbranched alkanes of at least 4 members (excludes halogenated alkanes) is 4. The first kappa shape index (κ1) is 73.1. The summed E-state index contributed by atoms with van der Waals surface area (Å²) in [7, 11) is -0.198. The molecule has 0 aliphatic rings. The van der Waals surface area contributed by atoms with Gasteiger partial charge in [-0.05, 0) is 71.0 Å². The van der Waals surface area contributed by atoms with Gasteiger partial charge in [0.15, 0.2) is 0 Å². The minimum absolute atomic E-state index is 0. The van der Waals surface area contributed by atoms with E-state index in [9.17, 15) is 0 Å². The Labute approximate surface area is 512 Å². The SMILES string of the molecule is CC(C)(C)P(c1cc2ccccc2[cH-]1)C(C)(C)C.CC(C)(C)P(c1cc2ccccc2[cH-]1)C(C)(C)C.CCCCP(CCCC)c1cc2ccccc2[cH-]1.CCCCP(CCCC)c1cc2ccccc2[cH-]1.[Cl-].[Cl-].[Ti+2].[Ti+2]. The summed E-state index contributed by atoms with van der Waals surface area (Å²) >= 11 is 0. The van der Waals surface area contributed by atoms with E-state index in [1.807, 2.05) is 0 Å². The van der Waals surface area contributed by atoms with E-state index in [0.717, 1.165) is 0 Å². The van der Waals surface area contributed by atoms with Gasteiger partial charge in [0.25, 0.3) is 0 Å². The van der Waals surface area contributed by atoms with Crippen molar-refractivity contribution in [1.82, 2.24) is 0 Å². The number of halogens is 2. The summed E-state index contributed by atoms with van der Waals surface area (Å²) in [4.78, 5) is 0. The van der Waals surface area contributed by atoms with Crippen LogP contribution in [-0.2, 0) is 43.4 Å². The first-order valence-corrected chi connectivity index (χ1v) is 33.9. The van der Waals surface area contributed by atoms with Gasteiger partial charge in [-0.15, -0.1) is 161 Å². The van der Waals surface area contributed by atoms with Crippen molar-refractivity contribution in [3.05, 3.63) is 146 Å². The maximum Gasteiger partial charge on any atom is 2.00 e. The number of rotatable bonds is 16. The van der Waals surface area contributed by atoms with E-state index in [4.69, 9.17) is 0 Å². The van der Waals surface area contributed by atoms with E-state index < -0.39 is 0 Å². The zero-order chi connectivity index (χ0) is 52.7. The van der Waals surface area contributed by atoms with Crippen LogP contribution in [0.2, 0.25) is 0 Å². The molecule has 0 N–H and O–H groups in total. The van der Waals surface area contributed by atoms with Crippen LogP contribution in [0.15, 0.2) is 146 Å². The Morgan fingerprint density at radius 3 is 0.711 bits per heavy atom. The molecule has 0 aliphatic carbocycles. The van der Waals surface area contributed by atoms with Crippen LogP contribution in [0.25, 0.3) is 43.1 Å². The summed E-state index contributed by atoms with van der Waals surface area (Å²) in [5.41, 5.74) is 0. The summed E-state index contributed by atoms with van der Waals surface area (Å²) in [6.07, 6.45) is 16.5. The van der Waals surface area contributed by atoms with Crippen LogP contribution in [0.3, 0.4) is 0 Å². The van der Waals surface area contributed by atoms with Crippen LogP contribution >= 0.6 is 31.7 Å². The van der Waals surface area contributed by atoms with Gasteiger partial charge in [0, 0.05) is 0 Å². The predicted octanol–water partition coefficient (Wildman–Crippen LogP) is 15.1. The van der Waals surface area contributed by atoms with Crippen LogP contribution in [0, 0.1) is 0 Å². The Bertz CT molecular complexity index is 2430. The zero-order valence-corrected chi connectivity index (χ0v) is 58.1. The maximum atomic E-state index is 2.44. The van der Waals surface area contributed by atoms with Crippen molar-refractivity contribution in [2.24, 2.45) is 0 Å². The van der Waals surface area contributed by atoms with E-state index >= 15 is 0 Å². The summed E-state index contributed by atoms with van der Waals surface area (Å²) in [6.45, 7) is 37.7. The summed E-state index contributed by atoms with van der Waals surface area (Å²) in [6, 6.07) is 54.3. The Balaban J connectivity index is 0.000000498. The molecule has 412 valence electrons. The zero-order valence-electron chi connectivity index (χ0n) is 49.9. The van der Waals surface area contributed by atoms with Crippen LogP contribution in [0.5, 0.6) is 0 Å². The van der Waals surface area contributed by atoms with Gasteiger partial charge in [0.1, 0.15) is 0 Å². The molecule has 0 saturated heterocycles. The molecule has 0 saturated carbocycles. The molecule has 0 radical (unpaired) electrons. The van der Waals surface area contributed by atoms with E-state index in [1.165, 1.54) is 119 Å². The third-order valence-electron chi connectivity index (χ3n) is 13.5. The molecule has 0 bridgehead atoms. The van der Waals surface area contributed by atoms with Gasteiger partial charge in [-0.3, -0.25) is 0 Å². The third-order valence-corrected chi connectivity index (χ3v) is 25.8. The Morgan fingerprint density at radius 2 is 0.513 bits per heavy atom. The molecular formula is C68H96Cl2P4Ti2-2. The van der Waals surface area contributed by atoms with Gasteiger partial charge in [-0.2, -0.15) is 24.3 Å². The molecule has 0 atom stereocenters. The molecule has 76 heavy (non-hydrogen) atoms. The molecule has 0 spiro atoms. The van der Waals surface area contributed by atoms with Crippen LogP contribution in [0.4, 0.5) is 0 Å². The van der Waals surface area contributed by atoms with Crippen molar-refractivity contribution in [3.63, 3.8) is 0 Å². The van der Waals surface area contributed by atoms with Crippen molar-refractivity contribution in [2.75, 3.05) is 24.6 Å². The molecule has 8 rings (SSSR count). The van der Waals surface area contributed by atoms with Crippen molar-refractivity contribution in [3.8, 4) is 0 Å². The van der Waals surface area contributed by atoms with Crippen molar-refractivity contribution >= 4 is 96.0 Å². The monoisotopic (exact) mass is 1200 g/mol. The molecule has 0 unspecified atom stereocenters. The Hall–Kier alpha value is -0.951. The van der Waals surface area contributed by atoms with Gasteiger partial charge >= 0.3 is 43.4 Å². The molecule has 8 aromatic carbocycles. The van der Waals surface area contributed by atoms with Crippen LogP contribution in [-0.4, -0.2) is 45.3 Å². The third kappa shape index (κ3) is 22.1. The molecule has 0 aliphatic heterocycles. The summed E-state index contributed by atoms with van der Waals surface area (Å²) < 4.78 is 0. The molecule has 8 aromatic rings. The number of hydrogen-bond acceptors (Lipinski definition) is 0. The summed E-state index contributed by atoms with van der Waals surface area (Å²) in [5.74, 6) is 0. The normalized spacial score (nSPS) is 11.8. The van der Waals surface area contributed by atoms with E-state index in [1.54, 1.807) is 21.2 Å². The molecule has 0 fully saturated rings. The molecular weight excluding hydrogens is 1110 g/mol. The smallest absolute Gasteiger partial charge is 1.00 e. The molecule has 8 heteroatoms. The van der Waals surface area contributed by atoms with Gasteiger partial charge in [0.05, 0.1) is 0 Å². The standard InChI is InChI=1S/4C17H24P.2ClH.2Ti/c2*1-16(2,3)18(17(4,5)6)15-11-13-9-7-8-10-14(13)12-15;2*1-3-5-11-18(12-6-4-2)17-13-15-9-7-8-10-16(15)14-17;;;;/h2*7-12H,1-6H3;2*7-10,13-14H,3-6,11-12H2,1-2H3;2*1H;;/q4*-1;;;2*+2/p-2. The van der Waals surface area contributed by atoms with Crippen LogP contribution in [0.1, 0.15) is 162 Å². The second kappa shape index (κ2) is 34.5. The fraction of sp³-hybridized carbons (Fsp3) is 0.471. The van der Waals surface area contributed by atoms with Crippen molar-refractivity contribution in [2.45, 2.75) is 183 Å². The Morgan fingerprint density at radius 1 is 0.316 bits per heavy atom. The minimum atomic E-state index is -0.185. The van der Waals surface area contributed by atoms with Crippen molar-refractivity contribution < 1.29 is 68.2 Å². The van der Waals surface area contributed by atoms with Gasteiger partial charge in [0.2, 0.25) is 0 Å². The molecule has 0 amide bonds. The number of hydrogen-bond donors (Lipinski definition) is 0. The van der Waals surface area contributed by atoms with Gasteiger partial charge < -0.3 is 24.8 Å². The van der Waals surface area contributed by atoms with E-state index in [-0.39, 0.29) is 99.9 Å². The Kier molecular flexibility index (Phi) is 33.1. The second-order valence-electron chi connectivity index (χ2n) is 24.1. The molecule has 0 heterocycles. The van der Waals surface area contributed by atoms with Crippen LogP contribution < -0.4 is 46.0 Å². The topological polar surface area (TPSA) is 0 Å². The predicted molar refractivity (Wildman–Crippen MR) is 342 cm³/mol. The maximum absolute atomic E-state index is 2.44. The van der Waals surface area contributed by atoms with E-state index in [0.29, 0.717) is 20.6 Å². The molecule has 0 nitrogen and oxygen atoms in total. The average molecular weight is 1200 g/mol. The minimum Gasteiger partial charge on any atom is -1.00 e. The average Bonchev–Trinajstić information content (AvgIpc) is 4.12. The van der Waals surface area contributed by atoms with Gasteiger partial charge in [-0.25, -0.2) is 0 Å². The summed E-state index contributed by atoms with van der Waals surface area (Å²) in [5, 5.41) is 19.0. The van der Waals surface area contributed by atoms with Crippen molar-refractivity contribution in [1.29, 1.82) is 0 Å². The molecule has 0 aromatic heterocycles. The fourth-order valence-corrected chi connectivity index (χ4v) is 24.6. The fourth-order valence-electron chi connectivity index (χ4n) is 10.9. The number of benzene rings is 4. The quantitative estimate of drug-likeness (QED) is 0.0514. The first-order valence-electron chi connectivity index (χ1n) is 27.8. The largest absolute Gasteiger partial charge is 2.00 e. The first-order chi connectivity index (χ1) is 34.1.